The van der Waals surface area contributed by atoms with E-state index in [1.54, 1.807) is 0 Å². The van der Waals surface area contributed by atoms with Crippen LogP contribution < -0.4 is 5.32 Å². The zero-order valence-corrected chi connectivity index (χ0v) is 10.4. The number of hydrogen-bond donors (Lipinski definition) is 2. The molecule has 0 aromatic rings. The number of thioether (sulfide) groups is 1. The van der Waals surface area contributed by atoms with Crippen molar-refractivity contribution >= 4 is 23.6 Å². The van der Waals surface area contributed by atoms with Gasteiger partial charge in [0.25, 0.3) is 0 Å². The number of amides is 1. The van der Waals surface area contributed by atoms with Gasteiger partial charge < -0.3 is 15.3 Å². The van der Waals surface area contributed by atoms with Crippen LogP contribution >= 0.6 is 11.8 Å². The van der Waals surface area contributed by atoms with E-state index in [1.807, 2.05) is 14.0 Å². The molecule has 0 aromatic heterocycles. The molecule has 0 aromatic carbocycles. The van der Waals surface area contributed by atoms with Gasteiger partial charge >= 0.3 is 5.97 Å². The summed E-state index contributed by atoms with van der Waals surface area (Å²) in [6.07, 6.45) is 1.16. The van der Waals surface area contributed by atoms with Gasteiger partial charge in [-0.3, -0.25) is 4.79 Å². The van der Waals surface area contributed by atoms with Crippen molar-refractivity contribution in [2.45, 2.75) is 31.2 Å². The second kappa shape index (κ2) is 6.10. The molecule has 1 rings (SSSR count). The number of aliphatic carboxylic acids is 1. The molecule has 92 valence electrons. The summed E-state index contributed by atoms with van der Waals surface area (Å²) in [5.41, 5.74) is 0. The predicted molar refractivity (Wildman–Crippen MR) is 63.4 cm³/mol. The van der Waals surface area contributed by atoms with Gasteiger partial charge in [-0.15, -0.1) is 11.8 Å². The Morgan fingerprint density at radius 2 is 2.25 bits per heavy atom. The van der Waals surface area contributed by atoms with E-state index in [0.717, 1.165) is 13.0 Å². The van der Waals surface area contributed by atoms with Crippen LogP contribution in [-0.2, 0) is 9.59 Å². The van der Waals surface area contributed by atoms with Crippen LogP contribution in [0, 0.1) is 0 Å². The fourth-order valence-corrected chi connectivity index (χ4v) is 2.95. The first-order valence-electron chi connectivity index (χ1n) is 5.38. The van der Waals surface area contributed by atoms with E-state index in [4.69, 9.17) is 5.11 Å². The molecule has 0 saturated carbocycles. The number of carboxylic acid groups (broad SMARTS) is 1. The predicted octanol–water partition coefficient (Wildman–Crippen LogP) is 0.361. The van der Waals surface area contributed by atoms with E-state index < -0.39 is 12.0 Å². The number of carbonyl (C=O) groups is 2. The fraction of sp³-hybridized carbons (Fsp3) is 0.800. The van der Waals surface area contributed by atoms with Gasteiger partial charge in [0, 0.05) is 12.2 Å². The summed E-state index contributed by atoms with van der Waals surface area (Å²) < 4.78 is 0. The summed E-state index contributed by atoms with van der Waals surface area (Å²) in [6.45, 7) is 2.66. The maximum atomic E-state index is 11.9. The van der Waals surface area contributed by atoms with Crippen molar-refractivity contribution in [3.05, 3.63) is 0 Å². The molecule has 0 spiro atoms. The Kier molecular flexibility index (Phi) is 5.08. The van der Waals surface area contributed by atoms with Crippen LogP contribution in [0.5, 0.6) is 0 Å². The summed E-state index contributed by atoms with van der Waals surface area (Å²) >= 11 is 1.52. The minimum absolute atomic E-state index is 0.0248. The minimum atomic E-state index is -0.904. The summed E-state index contributed by atoms with van der Waals surface area (Å²) in [4.78, 5) is 24.3. The zero-order valence-electron chi connectivity index (χ0n) is 9.60. The van der Waals surface area contributed by atoms with Crippen LogP contribution in [0.3, 0.4) is 0 Å². The molecule has 1 fully saturated rings. The largest absolute Gasteiger partial charge is 0.480 e. The fourth-order valence-electron chi connectivity index (χ4n) is 1.76. The van der Waals surface area contributed by atoms with Crippen molar-refractivity contribution in [2.24, 2.45) is 0 Å². The monoisotopic (exact) mass is 246 g/mol. The SMILES string of the molecule is CNCCCC(=O)N1C(C)SCC1C(=O)O. The number of rotatable bonds is 5. The average Bonchev–Trinajstić information content (AvgIpc) is 2.60. The molecule has 1 heterocycles. The van der Waals surface area contributed by atoms with Gasteiger partial charge in [-0.05, 0) is 26.9 Å². The first-order chi connectivity index (χ1) is 7.57. The Balaban J connectivity index is 2.54. The second-order valence-electron chi connectivity index (χ2n) is 3.79. The standard InChI is InChI=1S/C10H18N2O3S/c1-7-12(8(6-16-7)10(14)15)9(13)4-3-5-11-2/h7-8,11H,3-6H2,1-2H3,(H,14,15). The van der Waals surface area contributed by atoms with Crippen LogP contribution in [-0.4, -0.2) is 52.6 Å². The molecule has 5 nitrogen and oxygen atoms in total. The first kappa shape index (κ1) is 13.3. The lowest BCUT2D eigenvalue weighted by atomic mass is 10.2. The molecular formula is C10H18N2O3S. The Morgan fingerprint density at radius 1 is 1.56 bits per heavy atom. The van der Waals surface area contributed by atoms with Gasteiger partial charge in [0.1, 0.15) is 6.04 Å². The smallest absolute Gasteiger partial charge is 0.327 e. The third kappa shape index (κ3) is 3.12. The van der Waals surface area contributed by atoms with Crippen molar-refractivity contribution < 1.29 is 14.7 Å². The van der Waals surface area contributed by atoms with Gasteiger partial charge in [0.15, 0.2) is 0 Å². The molecule has 1 saturated heterocycles. The van der Waals surface area contributed by atoms with E-state index in [2.05, 4.69) is 5.32 Å². The highest BCUT2D eigenvalue weighted by atomic mass is 32.2. The molecule has 0 aliphatic carbocycles. The number of carboxylic acids is 1. The second-order valence-corrected chi connectivity index (χ2v) is 5.14. The van der Waals surface area contributed by atoms with Gasteiger partial charge in [-0.1, -0.05) is 0 Å². The summed E-state index contributed by atoms with van der Waals surface area (Å²) in [5.74, 6) is -0.465. The molecule has 0 bridgehead atoms. The molecule has 16 heavy (non-hydrogen) atoms. The van der Waals surface area contributed by atoms with E-state index in [0.29, 0.717) is 12.2 Å². The molecule has 0 radical (unpaired) electrons. The quantitative estimate of drug-likeness (QED) is 0.686. The first-order valence-corrected chi connectivity index (χ1v) is 6.43. The molecule has 2 atom stereocenters. The lowest BCUT2D eigenvalue weighted by Crippen LogP contribution is -2.44. The van der Waals surface area contributed by atoms with Crippen molar-refractivity contribution in [3.8, 4) is 0 Å². The number of carbonyl (C=O) groups excluding carboxylic acids is 1. The van der Waals surface area contributed by atoms with Crippen LogP contribution in [0.4, 0.5) is 0 Å². The topological polar surface area (TPSA) is 69.6 Å². The maximum absolute atomic E-state index is 11.9. The molecular weight excluding hydrogens is 228 g/mol. The summed E-state index contributed by atoms with van der Waals surface area (Å²) in [6, 6.07) is -0.651. The third-order valence-electron chi connectivity index (χ3n) is 2.61. The minimum Gasteiger partial charge on any atom is -0.480 e. The number of nitrogens with one attached hydrogen (secondary N) is 1. The summed E-state index contributed by atoms with van der Waals surface area (Å²) in [7, 11) is 1.83. The lowest BCUT2D eigenvalue weighted by Gasteiger charge is -2.25. The Labute approximate surface area is 99.6 Å². The third-order valence-corrected chi connectivity index (χ3v) is 3.83. The van der Waals surface area contributed by atoms with Crippen LogP contribution in [0.2, 0.25) is 0 Å². The highest BCUT2D eigenvalue weighted by Crippen LogP contribution is 2.29. The van der Waals surface area contributed by atoms with Gasteiger partial charge in [0.2, 0.25) is 5.91 Å². The molecule has 1 aliphatic rings. The summed E-state index contributed by atoms with van der Waals surface area (Å²) in [5, 5.41) is 11.9. The van der Waals surface area contributed by atoms with Gasteiger partial charge in [-0.25, -0.2) is 4.79 Å². The molecule has 2 N–H and O–H groups in total. The Bertz CT molecular complexity index is 273. The van der Waals surface area contributed by atoms with Crippen molar-refractivity contribution in [2.75, 3.05) is 19.3 Å². The van der Waals surface area contributed by atoms with Crippen molar-refractivity contribution in [3.63, 3.8) is 0 Å². The van der Waals surface area contributed by atoms with Gasteiger partial charge in [-0.2, -0.15) is 0 Å². The number of nitrogens with zero attached hydrogens (tertiary/aromatic N) is 1. The Morgan fingerprint density at radius 3 is 2.81 bits per heavy atom. The normalized spacial score (nSPS) is 24.8. The Hall–Kier alpha value is -0.750. The highest BCUT2D eigenvalue weighted by molar-refractivity contribution is 8.00. The van der Waals surface area contributed by atoms with E-state index in [9.17, 15) is 9.59 Å². The van der Waals surface area contributed by atoms with E-state index in [1.165, 1.54) is 16.7 Å². The van der Waals surface area contributed by atoms with Crippen LogP contribution in [0.1, 0.15) is 19.8 Å². The molecule has 1 aliphatic heterocycles. The van der Waals surface area contributed by atoms with Crippen LogP contribution in [0.15, 0.2) is 0 Å². The average molecular weight is 246 g/mol. The van der Waals surface area contributed by atoms with E-state index in [-0.39, 0.29) is 11.3 Å². The highest BCUT2D eigenvalue weighted by Gasteiger charge is 2.38. The molecule has 6 heteroatoms. The van der Waals surface area contributed by atoms with Crippen LogP contribution in [0.25, 0.3) is 0 Å². The number of hydrogen-bond acceptors (Lipinski definition) is 4. The zero-order chi connectivity index (χ0) is 12.1. The molecule has 2 unspecified atom stereocenters. The maximum Gasteiger partial charge on any atom is 0.327 e. The lowest BCUT2D eigenvalue weighted by molar-refractivity contribution is -0.148. The van der Waals surface area contributed by atoms with Crippen molar-refractivity contribution in [1.29, 1.82) is 0 Å². The van der Waals surface area contributed by atoms with Gasteiger partial charge in [0.05, 0.1) is 5.37 Å². The molecule has 1 amide bonds. The van der Waals surface area contributed by atoms with E-state index >= 15 is 0 Å². The van der Waals surface area contributed by atoms with Crippen molar-refractivity contribution in [1.82, 2.24) is 10.2 Å².